The number of nitrogens with two attached hydrogens (primary N) is 1. The third-order valence-electron chi connectivity index (χ3n) is 3.85. The highest BCUT2D eigenvalue weighted by Crippen LogP contribution is 2.15. The van der Waals surface area contributed by atoms with Crippen LogP contribution in [-0.2, 0) is 0 Å². The van der Waals surface area contributed by atoms with Gasteiger partial charge in [0.25, 0.3) is 5.91 Å². The van der Waals surface area contributed by atoms with Crippen LogP contribution in [0.25, 0.3) is 11.0 Å². The maximum Gasteiger partial charge on any atom is 0.255 e. The molecule has 1 atom stereocenters. The van der Waals surface area contributed by atoms with Crippen LogP contribution in [0.5, 0.6) is 0 Å². The molecule has 6 heteroatoms. The van der Waals surface area contributed by atoms with Gasteiger partial charge >= 0.3 is 0 Å². The monoisotopic (exact) mass is 289 g/mol. The van der Waals surface area contributed by atoms with Crippen LogP contribution >= 0.6 is 0 Å². The van der Waals surface area contributed by atoms with Crippen LogP contribution in [-0.4, -0.2) is 45.6 Å². The Morgan fingerprint density at radius 2 is 2.19 bits per heavy atom. The molecule has 1 unspecified atom stereocenters. The van der Waals surface area contributed by atoms with Crippen molar-refractivity contribution < 1.29 is 4.79 Å². The van der Waals surface area contributed by atoms with E-state index in [2.05, 4.69) is 29.0 Å². The van der Waals surface area contributed by atoms with Crippen molar-refractivity contribution in [2.45, 2.75) is 33.2 Å². The van der Waals surface area contributed by atoms with Gasteiger partial charge in [0.05, 0.1) is 5.56 Å². The Morgan fingerprint density at radius 3 is 2.86 bits per heavy atom. The molecule has 114 valence electrons. The predicted molar refractivity (Wildman–Crippen MR) is 83.0 cm³/mol. The SMILES string of the molecule is Cc1[nH]nc2ncc(C(=O)N(C)CCC(N)C(C)C)cc12. The van der Waals surface area contributed by atoms with Crippen molar-refractivity contribution in [2.24, 2.45) is 11.7 Å². The van der Waals surface area contributed by atoms with E-state index in [-0.39, 0.29) is 11.9 Å². The molecule has 6 nitrogen and oxygen atoms in total. The number of nitrogens with zero attached hydrogens (tertiary/aromatic N) is 3. The number of carbonyl (C=O) groups excluding carboxylic acids is 1. The molecule has 2 rings (SSSR count). The molecule has 2 aromatic rings. The zero-order chi connectivity index (χ0) is 15.6. The first-order chi connectivity index (χ1) is 9.90. The number of aromatic nitrogens is 3. The molecule has 21 heavy (non-hydrogen) atoms. The van der Waals surface area contributed by atoms with Crippen LogP contribution in [0.4, 0.5) is 0 Å². The van der Waals surface area contributed by atoms with Crippen molar-refractivity contribution in [3.8, 4) is 0 Å². The molecule has 0 saturated heterocycles. The van der Waals surface area contributed by atoms with Gasteiger partial charge in [0.15, 0.2) is 5.65 Å². The highest BCUT2D eigenvalue weighted by Gasteiger charge is 2.16. The Morgan fingerprint density at radius 1 is 1.48 bits per heavy atom. The molecule has 0 aromatic carbocycles. The topological polar surface area (TPSA) is 87.9 Å². The molecule has 0 aliphatic rings. The smallest absolute Gasteiger partial charge is 0.255 e. The summed E-state index contributed by atoms with van der Waals surface area (Å²) in [6.45, 7) is 6.73. The molecule has 0 fully saturated rings. The molecule has 0 bridgehead atoms. The molecule has 3 N–H and O–H groups in total. The molecular weight excluding hydrogens is 266 g/mol. The van der Waals surface area contributed by atoms with Gasteiger partial charge in [0.1, 0.15) is 0 Å². The minimum absolute atomic E-state index is 0.0408. The lowest BCUT2D eigenvalue weighted by Crippen LogP contribution is -2.34. The van der Waals surface area contributed by atoms with Gasteiger partial charge in [-0.3, -0.25) is 9.89 Å². The third kappa shape index (κ3) is 3.39. The number of nitrogens with one attached hydrogen (secondary N) is 1. The number of pyridine rings is 1. The second-order valence-corrected chi connectivity index (χ2v) is 5.87. The fourth-order valence-corrected chi connectivity index (χ4v) is 2.13. The number of carbonyl (C=O) groups is 1. The van der Waals surface area contributed by atoms with Gasteiger partial charge in [0.2, 0.25) is 0 Å². The van der Waals surface area contributed by atoms with Gasteiger partial charge < -0.3 is 10.6 Å². The number of rotatable bonds is 5. The van der Waals surface area contributed by atoms with Gasteiger partial charge in [-0.2, -0.15) is 5.10 Å². The van der Waals surface area contributed by atoms with Crippen molar-refractivity contribution in [3.05, 3.63) is 23.5 Å². The maximum absolute atomic E-state index is 12.4. The van der Waals surface area contributed by atoms with E-state index in [4.69, 9.17) is 5.73 Å². The minimum atomic E-state index is -0.0408. The van der Waals surface area contributed by atoms with Gasteiger partial charge in [0, 0.05) is 36.9 Å². The fraction of sp³-hybridized carbons (Fsp3) is 0.533. The first-order valence-electron chi connectivity index (χ1n) is 7.22. The van der Waals surface area contributed by atoms with Crippen molar-refractivity contribution >= 4 is 16.9 Å². The number of hydrogen-bond donors (Lipinski definition) is 2. The molecule has 2 aromatic heterocycles. The average molecular weight is 289 g/mol. The number of aryl methyl sites for hydroxylation is 1. The van der Waals surface area contributed by atoms with Gasteiger partial charge in [-0.1, -0.05) is 13.8 Å². The Balaban J connectivity index is 2.08. The standard InChI is InChI=1S/C15H23N5O/c1-9(2)13(16)5-6-20(4)15(21)11-7-12-10(3)18-19-14(12)17-8-11/h7-9,13H,5-6,16H2,1-4H3,(H,17,18,19). The zero-order valence-corrected chi connectivity index (χ0v) is 13.1. The quantitative estimate of drug-likeness (QED) is 0.877. The van der Waals surface area contributed by atoms with Crippen molar-refractivity contribution in [1.82, 2.24) is 20.1 Å². The second-order valence-electron chi connectivity index (χ2n) is 5.87. The maximum atomic E-state index is 12.4. The van der Waals surface area contributed by atoms with Crippen LogP contribution < -0.4 is 5.73 Å². The summed E-state index contributed by atoms with van der Waals surface area (Å²) < 4.78 is 0. The van der Waals surface area contributed by atoms with E-state index in [1.807, 2.05) is 13.0 Å². The van der Waals surface area contributed by atoms with Crippen molar-refractivity contribution in [1.29, 1.82) is 0 Å². The van der Waals surface area contributed by atoms with Gasteiger partial charge in [-0.25, -0.2) is 4.98 Å². The summed E-state index contributed by atoms with van der Waals surface area (Å²) in [5.74, 6) is 0.376. The van der Waals surface area contributed by atoms with Crippen LogP contribution in [0.3, 0.4) is 0 Å². The van der Waals surface area contributed by atoms with Crippen LogP contribution in [0, 0.1) is 12.8 Å². The molecule has 0 aliphatic carbocycles. The van der Waals surface area contributed by atoms with E-state index in [9.17, 15) is 4.79 Å². The average Bonchev–Trinajstić information content (AvgIpc) is 2.84. The van der Waals surface area contributed by atoms with E-state index in [0.29, 0.717) is 23.7 Å². The summed E-state index contributed by atoms with van der Waals surface area (Å²) in [5, 5.41) is 7.82. The highest BCUT2D eigenvalue weighted by atomic mass is 16.2. The molecule has 0 saturated carbocycles. The van der Waals surface area contributed by atoms with E-state index in [1.165, 1.54) is 0 Å². The molecule has 0 aliphatic heterocycles. The summed E-state index contributed by atoms with van der Waals surface area (Å²) in [5.41, 5.74) is 8.14. The Hall–Kier alpha value is -1.95. The van der Waals surface area contributed by atoms with Crippen molar-refractivity contribution in [2.75, 3.05) is 13.6 Å². The zero-order valence-electron chi connectivity index (χ0n) is 13.1. The lowest BCUT2D eigenvalue weighted by molar-refractivity contribution is 0.0789. The Bertz CT molecular complexity index is 634. The molecule has 1 amide bonds. The first kappa shape index (κ1) is 15.4. The number of aromatic amines is 1. The molecule has 2 heterocycles. The van der Waals surface area contributed by atoms with E-state index >= 15 is 0 Å². The van der Waals surface area contributed by atoms with Gasteiger partial charge in [-0.05, 0) is 25.3 Å². The van der Waals surface area contributed by atoms with Crippen LogP contribution in [0.2, 0.25) is 0 Å². The molecule has 0 radical (unpaired) electrons. The normalized spacial score (nSPS) is 12.9. The third-order valence-corrected chi connectivity index (χ3v) is 3.85. The molecular formula is C15H23N5O. The number of hydrogen-bond acceptors (Lipinski definition) is 4. The number of fused-ring (bicyclic) bond motifs is 1. The minimum Gasteiger partial charge on any atom is -0.342 e. The van der Waals surface area contributed by atoms with Crippen molar-refractivity contribution in [3.63, 3.8) is 0 Å². The van der Waals surface area contributed by atoms with E-state index < -0.39 is 0 Å². The summed E-state index contributed by atoms with van der Waals surface area (Å²) >= 11 is 0. The van der Waals surface area contributed by atoms with E-state index in [0.717, 1.165) is 17.5 Å². The van der Waals surface area contributed by atoms with Gasteiger partial charge in [-0.15, -0.1) is 0 Å². The lowest BCUT2D eigenvalue weighted by Gasteiger charge is -2.21. The summed E-state index contributed by atoms with van der Waals surface area (Å²) in [4.78, 5) is 18.3. The Kier molecular flexibility index (Phi) is 4.57. The predicted octanol–water partition coefficient (Wildman–Crippen LogP) is 1.71. The van der Waals surface area contributed by atoms with Crippen LogP contribution in [0.15, 0.2) is 12.3 Å². The number of amides is 1. The fourth-order valence-electron chi connectivity index (χ4n) is 2.13. The molecule has 0 spiro atoms. The second kappa shape index (κ2) is 6.22. The summed E-state index contributed by atoms with van der Waals surface area (Å²) in [6, 6.07) is 1.94. The summed E-state index contributed by atoms with van der Waals surface area (Å²) in [6.07, 6.45) is 2.37. The largest absolute Gasteiger partial charge is 0.342 e. The summed E-state index contributed by atoms with van der Waals surface area (Å²) in [7, 11) is 1.79. The Labute approximate surface area is 124 Å². The number of H-pyrrole nitrogens is 1. The van der Waals surface area contributed by atoms with E-state index in [1.54, 1.807) is 18.1 Å². The van der Waals surface area contributed by atoms with Crippen LogP contribution in [0.1, 0.15) is 36.3 Å². The first-order valence-corrected chi connectivity index (χ1v) is 7.22. The highest BCUT2D eigenvalue weighted by molar-refractivity contribution is 5.97. The lowest BCUT2D eigenvalue weighted by atomic mass is 10.0.